The van der Waals surface area contributed by atoms with E-state index in [1.807, 2.05) is 18.2 Å². The second-order valence-electron chi connectivity index (χ2n) is 4.47. The van der Waals surface area contributed by atoms with Gasteiger partial charge in [0, 0.05) is 11.1 Å². The van der Waals surface area contributed by atoms with Gasteiger partial charge in [0.05, 0.1) is 19.1 Å². The molecule has 2 heterocycles. The molecular formula is C13H15ClN2O2. The summed E-state index contributed by atoms with van der Waals surface area (Å²) in [5.74, 6) is 0.909. The lowest BCUT2D eigenvalue weighted by molar-refractivity contribution is 0.186. The van der Waals surface area contributed by atoms with E-state index < -0.39 is 0 Å². The highest BCUT2D eigenvalue weighted by Gasteiger charge is 2.32. The summed E-state index contributed by atoms with van der Waals surface area (Å²) in [5.41, 5.74) is 1.58. The van der Waals surface area contributed by atoms with E-state index in [4.69, 9.17) is 20.8 Å². The average Bonchev–Trinajstić information content (AvgIpc) is 2.94. The number of nitrogens with zero attached hydrogens (tertiary/aromatic N) is 1. The van der Waals surface area contributed by atoms with Crippen LogP contribution in [0.2, 0.25) is 5.02 Å². The van der Waals surface area contributed by atoms with Crippen molar-refractivity contribution in [1.29, 1.82) is 0 Å². The van der Waals surface area contributed by atoms with Gasteiger partial charge >= 0.3 is 0 Å². The van der Waals surface area contributed by atoms with E-state index in [2.05, 4.69) is 17.2 Å². The number of likely N-dealkylation sites (N-methyl/N-ethyl adjacent to an activating group) is 1. The number of hydrogen-bond acceptors (Lipinski definition) is 4. The molecule has 2 atom stereocenters. The van der Waals surface area contributed by atoms with Crippen molar-refractivity contribution in [2.24, 2.45) is 0 Å². The zero-order chi connectivity index (χ0) is 12.5. The number of nitrogens with one attached hydrogen (secondary N) is 1. The molecule has 0 saturated carbocycles. The molecule has 0 amide bonds. The Morgan fingerprint density at radius 1 is 1.44 bits per heavy atom. The average molecular weight is 267 g/mol. The number of oxazole rings is 1. The number of hydrogen-bond donors (Lipinski definition) is 1. The summed E-state index contributed by atoms with van der Waals surface area (Å²) in [4.78, 5) is 4.52. The first-order chi connectivity index (χ1) is 8.78. The van der Waals surface area contributed by atoms with Gasteiger partial charge in [0.2, 0.25) is 5.89 Å². The van der Waals surface area contributed by atoms with Gasteiger partial charge in [-0.2, -0.15) is 0 Å². The van der Waals surface area contributed by atoms with Crippen LogP contribution in [0.25, 0.3) is 11.1 Å². The molecule has 1 aromatic heterocycles. The highest BCUT2D eigenvalue weighted by molar-refractivity contribution is 6.31. The van der Waals surface area contributed by atoms with Crippen molar-refractivity contribution < 1.29 is 9.15 Å². The molecule has 1 aliphatic heterocycles. The second kappa shape index (κ2) is 4.88. The molecule has 1 fully saturated rings. The lowest BCUT2D eigenvalue weighted by Crippen LogP contribution is -2.34. The summed E-state index contributed by atoms with van der Waals surface area (Å²) in [5, 5.41) is 4.07. The van der Waals surface area contributed by atoms with Gasteiger partial charge in [-0.3, -0.25) is 0 Å². The van der Waals surface area contributed by atoms with Gasteiger partial charge < -0.3 is 14.5 Å². The molecule has 0 radical (unpaired) electrons. The number of ether oxygens (including phenoxy) is 1. The number of rotatable bonds is 3. The van der Waals surface area contributed by atoms with Gasteiger partial charge in [-0.1, -0.05) is 18.5 Å². The van der Waals surface area contributed by atoms with Gasteiger partial charge in [-0.25, -0.2) is 4.98 Å². The minimum Gasteiger partial charge on any atom is -0.440 e. The molecule has 18 heavy (non-hydrogen) atoms. The fraction of sp³-hybridized carbons (Fsp3) is 0.462. The Bertz CT molecular complexity index is 555. The van der Waals surface area contributed by atoms with Crippen LogP contribution in [0.3, 0.4) is 0 Å². The predicted octanol–water partition coefficient (Wildman–Crippen LogP) is 2.57. The van der Waals surface area contributed by atoms with E-state index in [0.29, 0.717) is 18.2 Å². The monoisotopic (exact) mass is 266 g/mol. The molecule has 2 aromatic rings. The third-order valence-corrected chi connectivity index (χ3v) is 3.47. The summed E-state index contributed by atoms with van der Waals surface area (Å²) in [6.07, 6.45) is 0. The molecule has 1 N–H and O–H groups in total. The predicted molar refractivity (Wildman–Crippen MR) is 70.0 cm³/mol. The van der Waals surface area contributed by atoms with Gasteiger partial charge in [-0.05, 0) is 24.7 Å². The minimum atomic E-state index is 0.177. The first-order valence-electron chi connectivity index (χ1n) is 6.15. The Labute approximate surface area is 110 Å². The van der Waals surface area contributed by atoms with Crippen LogP contribution in [0.15, 0.2) is 22.6 Å². The summed E-state index contributed by atoms with van der Waals surface area (Å²) in [6.45, 7) is 4.36. The van der Waals surface area contributed by atoms with E-state index >= 15 is 0 Å². The summed E-state index contributed by atoms with van der Waals surface area (Å²) < 4.78 is 11.3. The molecular weight excluding hydrogens is 252 g/mol. The van der Waals surface area contributed by atoms with Gasteiger partial charge in [0.15, 0.2) is 5.58 Å². The lowest BCUT2D eigenvalue weighted by atomic mass is 10.0. The van der Waals surface area contributed by atoms with Crippen molar-refractivity contribution in [3.63, 3.8) is 0 Å². The Hall–Kier alpha value is -1.10. The maximum Gasteiger partial charge on any atom is 0.202 e. The van der Waals surface area contributed by atoms with Crippen LogP contribution in [0.4, 0.5) is 0 Å². The zero-order valence-electron chi connectivity index (χ0n) is 10.1. The van der Waals surface area contributed by atoms with Crippen molar-refractivity contribution in [2.75, 3.05) is 19.8 Å². The Morgan fingerprint density at radius 2 is 2.33 bits per heavy atom. The van der Waals surface area contributed by atoms with E-state index in [0.717, 1.165) is 23.5 Å². The standard InChI is InChI=1S/C13H15ClN2O2/c1-2-15-11-7-17-6-9(11)13-16-10-5-8(14)3-4-12(10)18-13/h3-5,9,11,15H,2,6-7H2,1H3. The van der Waals surface area contributed by atoms with Crippen LogP contribution in [0.1, 0.15) is 18.7 Å². The minimum absolute atomic E-state index is 0.177. The second-order valence-corrected chi connectivity index (χ2v) is 4.91. The molecule has 0 spiro atoms. The highest BCUT2D eigenvalue weighted by atomic mass is 35.5. The van der Waals surface area contributed by atoms with Gasteiger partial charge in [0.1, 0.15) is 5.52 Å². The van der Waals surface area contributed by atoms with Gasteiger partial charge in [0.25, 0.3) is 0 Å². The Kier molecular flexibility index (Phi) is 3.24. The third-order valence-electron chi connectivity index (χ3n) is 3.23. The van der Waals surface area contributed by atoms with Gasteiger partial charge in [-0.15, -0.1) is 0 Å². The van der Waals surface area contributed by atoms with E-state index in [9.17, 15) is 0 Å². The van der Waals surface area contributed by atoms with Crippen LogP contribution in [-0.2, 0) is 4.74 Å². The maximum absolute atomic E-state index is 5.95. The van der Waals surface area contributed by atoms with E-state index in [1.165, 1.54) is 0 Å². The van der Waals surface area contributed by atoms with E-state index in [-0.39, 0.29) is 12.0 Å². The molecule has 3 rings (SSSR count). The number of aromatic nitrogens is 1. The molecule has 2 unspecified atom stereocenters. The SMILES string of the molecule is CCNC1COCC1c1nc2cc(Cl)ccc2o1. The Balaban J connectivity index is 1.93. The summed E-state index contributed by atoms with van der Waals surface area (Å²) in [6, 6.07) is 5.76. The van der Waals surface area contributed by atoms with Crippen molar-refractivity contribution in [3.05, 3.63) is 29.1 Å². The molecule has 0 aliphatic carbocycles. The molecule has 96 valence electrons. The van der Waals surface area contributed by atoms with Crippen LogP contribution in [0, 0.1) is 0 Å². The maximum atomic E-state index is 5.95. The van der Waals surface area contributed by atoms with Crippen LogP contribution >= 0.6 is 11.6 Å². The Morgan fingerprint density at radius 3 is 3.17 bits per heavy atom. The van der Waals surface area contributed by atoms with Crippen LogP contribution in [0.5, 0.6) is 0 Å². The summed E-state index contributed by atoms with van der Waals surface area (Å²) >= 11 is 5.95. The molecule has 1 aliphatic rings. The number of fused-ring (bicyclic) bond motifs is 1. The quantitative estimate of drug-likeness (QED) is 0.928. The topological polar surface area (TPSA) is 47.3 Å². The van der Waals surface area contributed by atoms with Crippen molar-refractivity contribution in [3.8, 4) is 0 Å². The fourth-order valence-corrected chi connectivity index (χ4v) is 2.50. The molecule has 5 heteroatoms. The van der Waals surface area contributed by atoms with Crippen LogP contribution in [-0.4, -0.2) is 30.8 Å². The van der Waals surface area contributed by atoms with Crippen molar-refractivity contribution in [1.82, 2.24) is 10.3 Å². The third kappa shape index (κ3) is 2.11. The molecule has 4 nitrogen and oxygen atoms in total. The zero-order valence-corrected chi connectivity index (χ0v) is 10.9. The normalized spacial score (nSPS) is 23.9. The van der Waals surface area contributed by atoms with Crippen molar-refractivity contribution >= 4 is 22.7 Å². The van der Waals surface area contributed by atoms with Crippen LogP contribution < -0.4 is 5.32 Å². The highest BCUT2D eigenvalue weighted by Crippen LogP contribution is 2.29. The molecule has 0 bridgehead atoms. The largest absolute Gasteiger partial charge is 0.440 e. The molecule has 1 aromatic carbocycles. The fourth-order valence-electron chi connectivity index (χ4n) is 2.34. The van der Waals surface area contributed by atoms with Crippen molar-refractivity contribution in [2.45, 2.75) is 18.9 Å². The van der Waals surface area contributed by atoms with E-state index in [1.54, 1.807) is 0 Å². The summed E-state index contributed by atoms with van der Waals surface area (Å²) in [7, 11) is 0. The smallest absolute Gasteiger partial charge is 0.202 e. The number of benzene rings is 1. The number of halogens is 1. The molecule has 1 saturated heterocycles. The lowest BCUT2D eigenvalue weighted by Gasteiger charge is -2.14. The first kappa shape index (κ1) is 12.0. The first-order valence-corrected chi connectivity index (χ1v) is 6.53.